The number of fused-ring (bicyclic) bond motifs is 1. The van der Waals surface area contributed by atoms with Gasteiger partial charge in [0.25, 0.3) is 15.9 Å². The van der Waals surface area contributed by atoms with E-state index in [1.165, 1.54) is 12.1 Å². The van der Waals surface area contributed by atoms with Crippen LogP contribution in [0.5, 0.6) is 5.75 Å². The topological polar surface area (TPSA) is 75.7 Å². The second-order valence-corrected chi connectivity index (χ2v) is 9.10. The molecule has 6 nitrogen and oxygen atoms in total. The summed E-state index contributed by atoms with van der Waals surface area (Å²) in [6, 6.07) is 18.5. The normalized spacial score (nSPS) is 13.0. The maximum atomic E-state index is 13.1. The molecule has 0 aromatic heterocycles. The quantitative estimate of drug-likeness (QED) is 0.581. The van der Waals surface area contributed by atoms with Crippen LogP contribution in [0.4, 0.5) is 11.4 Å². The second-order valence-electron chi connectivity index (χ2n) is 7.04. The molecule has 160 valence electrons. The lowest BCUT2D eigenvalue weighted by molar-refractivity contribution is 0.0989. The summed E-state index contributed by atoms with van der Waals surface area (Å²) in [6.45, 7) is 2.93. The number of nitrogens with one attached hydrogen (secondary N) is 1. The van der Waals surface area contributed by atoms with Gasteiger partial charge in [-0.1, -0.05) is 29.8 Å². The lowest BCUT2D eigenvalue weighted by Crippen LogP contribution is -2.29. The summed E-state index contributed by atoms with van der Waals surface area (Å²) in [5.41, 5.74) is 2.56. The van der Waals surface area contributed by atoms with Crippen LogP contribution < -0.4 is 14.4 Å². The van der Waals surface area contributed by atoms with Crippen molar-refractivity contribution >= 4 is 38.9 Å². The molecule has 0 saturated heterocycles. The molecule has 3 aromatic carbocycles. The third kappa shape index (κ3) is 4.38. The Morgan fingerprint density at radius 3 is 2.58 bits per heavy atom. The minimum absolute atomic E-state index is 0.0387. The Morgan fingerprint density at radius 1 is 1.10 bits per heavy atom. The Morgan fingerprint density at radius 2 is 1.84 bits per heavy atom. The van der Waals surface area contributed by atoms with Crippen LogP contribution in [0, 0.1) is 0 Å². The zero-order valence-corrected chi connectivity index (χ0v) is 18.4. The number of sulfonamides is 1. The van der Waals surface area contributed by atoms with Crippen LogP contribution in [0.15, 0.2) is 71.6 Å². The van der Waals surface area contributed by atoms with Gasteiger partial charge in [0, 0.05) is 23.5 Å². The summed E-state index contributed by atoms with van der Waals surface area (Å²) in [5, 5.41) is 0.0387. The predicted octanol–water partition coefficient (Wildman–Crippen LogP) is 4.74. The zero-order chi connectivity index (χ0) is 22.0. The largest absolute Gasteiger partial charge is 0.494 e. The van der Waals surface area contributed by atoms with Crippen molar-refractivity contribution in [1.29, 1.82) is 0 Å². The minimum Gasteiger partial charge on any atom is -0.494 e. The average molecular weight is 457 g/mol. The van der Waals surface area contributed by atoms with Crippen molar-refractivity contribution in [3.8, 4) is 5.75 Å². The van der Waals surface area contributed by atoms with Gasteiger partial charge in [-0.05, 0) is 67.4 Å². The van der Waals surface area contributed by atoms with Gasteiger partial charge in [0.05, 0.1) is 11.6 Å². The van der Waals surface area contributed by atoms with Gasteiger partial charge in [-0.3, -0.25) is 9.52 Å². The first kappa shape index (κ1) is 21.2. The fourth-order valence-electron chi connectivity index (χ4n) is 3.54. The molecule has 1 aliphatic rings. The van der Waals surface area contributed by atoms with E-state index in [0.29, 0.717) is 24.6 Å². The second kappa shape index (κ2) is 8.61. The van der Waals surface area contributed by atoms with Crippen molar-refractivity contribution in [2.24, 2.45) is 0 Å². The molecule has 0 fully saturated rings. The molecule has 1 N–H and O–H groups in total. The number of carbonyl (C=O) groups is 1. The molecule has 0 unspecified atom stereocenters. The van der Waals surface area contributed by atoms with Gasteiger partial charge in [0.15, 0.2) is 0 Å². The Bertz CT molecular complexity index is 1230. The van der Waals surface area contributed by atoms with Crippen LogP contribution in [0.1, 0.15) is 22.8 Å². The van der Waals surface area contributed by atoms with E-state index in [4.69, 9.17) is 16.3 Å². The van der Waals surface area contributed by atoms with Crippen LogP contribution in [0.25, 0.3) is 0 Å². The van der Waals surface area contributed by atoms with E-state index < -0.39 is 10.0 Å². The number of hydrogen-bond acceptors (Lipinski definition) is 4. The van der Waals surface area contributed by atoms with Gasteiger partial charge in [-0.2, -0.15) is 0 Å². The maximum absolute atomic E-state index is 13.1. The summed E-state index contributed by atoms with van der Waals surface area (Å²) in [6.07, 6.45) is 0.764. The van der Waals surface area contributed by atoms with E-state index in [9.17, 15) is 13.2 Å². The lowest BCUT2D eigenvalue weighted by atomic mass is 10.1. The van der Waals surface area contributed by atoms with Crippen molar-refractivity contribution in [3.05, 3.63) is 82.9 Å². The fraction of sp³-hybridized carbons (Fsp3) is 0.174. The van der Waals surface area contributed by atoms with Crippen LogP contribution >= 0.6 is 11.6 Å². The predicted molar refractivity (Wildman–Crippen MR) is 122 cm³/mol. The Labute approximate surface area is 186 Å². The number of hydrogen-bond donors (Lipinski definition) is 1. The minimum atomic E-state index is -4.00. The molecule has 0 bridgehead atoms. The Hall–Kier alpha value is -3.03. The molecule has 1 aliphatic heterocycles. The number of amides is 1. The van der Waals surface area contributed by atoms with Gasteiger partial charge in [0.2, 0.25) is 0 Å². The number of ether oxygens (including phenoxy) is 1. The monoisotopic (exact) mass is 456 g/mol. The van der Waals surface area contributed by atoms with Crippen LogP contribution in [-0.4, -0.2) is 27.5 Å². The van der Waals surface area contributed by atoms with E-state index in [2.05, 4.69) is 4.72 Å². The molecule has 1 amide bonds. The SMILES string of the molecule is CCOc1ccc(NS(=O)(=O)c2cc(C(=O)N3CCc4ccccc43)ccc2Cl)cc1. The van der Waals surface area contributed by atoms with Gasteiger partial charge in [0.1, 0.15) is 10.6 Å². The molecule has 3 aromatic rings. The van der Waals surface area contributed by atoms with Gasteiger partial charge in [-0.15, -0.1) is 0 Å². The smallest absolute Gasteiger partial charge is 0.263 e. The highest BCUT2D eigenvalue weighted by atomic mass is 35.5. The summed E-state index contributed by atoms with van der Waals surface area (Å²) < 4.78 is 33.8. The van der Waals surface area contributed by atoms with Crippen molar-refractivity contribution in [3.63, 3.8) is 0 Å². The molecule has 1 heterocycles. The summed E-state index contributed by atoms with van der Waals surface area (Å²) in [5.74, 6) is 0.376. The van der Waals surface area contributed by atoms with Crippen LogP contribution in [-0.2, 0) is 16.4 Å². The molecule has 0 spiro atoms. The highest BCUT2D eigenvalue weighted by Crippen LogP contribution is 2.31. The summed E-state index contributed by atoms with van der Waals surface area (Å²) >= 11 is 6.19. The van der Waals surface area contributed by atoms with Gasteiger partial charge >= 0.3 is 0 Å². The van der Waals surface area contributed by atoms with E-state index in [-0.39, 0.29) is 21.4 Å². The molecule has 8 heteroatoms. The van der Waals surface area contributed by atoms with Gasteiger partial charge < -0.3 is 9.64 Å². The highest BCUT2D eigenvalue weighted by Gasteiger charge is 2.27. The number of anilines is 2. The molecule has 0 saturated carbocycles. The highest BCUT2D eigenvalue weighted by molar-refractivity contribution is 7.92. The number of rotatable bonds is 6. The lowest BCUT2D eigenvalue weighted by Gasteiger charge is -2.18. The Balaban J connectivity index is 1.60. The van der Waals surface area contributed by atoms with Crippen molar-refractivity contribution < 1.29 is 17.9 Å². The molecular weight excluding hydrogens is 436 g/mol. The number of para-hydroxylation sites is 1. The maximum Gasteiger partial charge on any atom is 0.263 e. The Kier molecular flexibility index (Phi) is 5.89. The molecular formula is C23H21ClN2O4S. The number of nitrogens with zero attached hydrogens (tertiary/aromatic N) is 1. The average Bonchev–Trinajstić information content (AvgIpc) is 3.19. The first-order valence-electron chi connectivity index (χ1n) is 9.84. The zero-order valence-electron chi connectivity index (χ0n) is 16.8. The molecule has 31 heavy (non-hydrogen) atoms. The number of carbonyl (C=O) groups excluding carboxylic acids is 1. The van der Waals surface area contributed by atoms with Crippen molar-refractivity contribution in [2.75, 3.05) is 22.8 Å². The van der Waals surface area contributed by atoms with E-state index >= 15 is 0 Å². The molecule has 0 atom stereocenters. The molecule has 0 aliphatic carbocycles. The third-order valence-corrected chi connectivity index (χ3v) is 6.88. The van der Waals surface area contributed by atoms with Crippen LogP contribution in [0.2, 0.25) is 5.02 Å². The van der Waals surface area contributed by atoms with Crippen molar-refractivity contribution in [2.45, 2.75) is 18.2 Å². The van der Waals surface area contributed by atoms with E-state index in [1.54, 1.807) is 35.2 Å². The number of halogens is 1. The van der Waals surface area contributed by atoms with Crippen molar-refractivity contribution in [1.82, 2.24) is 0 Å². The van der Waals surface area contributed by atoms with Crippen LogP contribution in [0.3, 0.4) is 0 Å². The van der Waals surface area contributed by atoms with Gasteiger partial charge in [-0.25, -0.2) is 8.42 Å². The fourth-order valence-corrected chi connectivity index (χ4v) is 5.13. The van der Waals surface area contributed by atoms with E-state index in [1.807, 2.05) is 31.2 Å². The molecule has 4 rings (SSSR count). The van der Waals surface area contributed by atoms with E-state index in [0.717, 1.165) is 17.7 Å². The first-order valence-corrected chi connectivity index (χ1v) is 11.7. The molecule has 0 radical (unpaired) electrons. The summed E-state index contributed by atoms with van der Waals surface area (Å²) in [4.78, 5) is 14.6. The third-order valence-electron chi connectivity index (χ3n) is 5.02. The first-order chi connectivity index (χ1) is 14.9. The summed E-state index contributed by atoms with van der Waals surface area (Å²) in [7, 11) is -4.00. The standard InChI is InChI=1S/C23H21ClN2O4S/c1-2-30-19-10-8-18(9-11-19)25-31(28,29)22-15-17(7-12-20(22)24)23(27)26-14-13-16-5-3-4-6-21(16)26/h3-12,15,25H,2,13-14H2,1H3. The number of benzene rings is 3.